The van der Waals surface area contributed by atoms with Crippen LogP contribution in [0.1, 0.15) is 20.8 Å². The Hall–Kier alpha value is -1.77. The molecule has 1 aliphatic rings. The van der Waals surface area contributed by atoms with Crippen molar-refractivity contribution in [1.82, 2.24) is 4.90 Å². The molecule has 17 heavy (non-hydrogen) atoms. The van der Waals surface area contributed by atoms with Crippen LogP contribution in [-0.2, 0) is 9.53 Å². The molecule has 1 amide bonds. The quantitative estimate of drug-likeness (QED) is 0.740. The maximum Gasteiger partial charge on any atom is 0.410 e. The molecule has 0 spiro atoms. The molecule has 6 nitrogen and oxygen atoms in total. The summed E-state index contributed by atoms with van der Waals surface area (Å²) in [6, 6.07) is 1.91. The molecule has 1 fully saturated rings. The fourth-order valence-corrected chi connectivity index (χ4v) is 1.66. The second kappa shape index (κ2) is 4.62. The van der Waals surface area contributed by atoms with E-state index in [1.54, 1.807) is 20.8 Å². The van der Waals surface area contributed by atoms with Crippen molar-refractivity contribution in [2.75, 3.05) is 13.1 Å². The molecular weight excluding hydrogens is 224 g/mol. The van der Waals surface area contributed by atoms with Gasteiger partial charge in [0.2, 0.25) is 0 Å². The molecule has 0 aromatic heterocycles. The van der Waals surface area contributed by atoms with Crippen molar-refractivity contribution in [3.05, 3.63) is 0 Å². The number of aliphatic carboxylic acids is 1. The van der Waals surface area contributed by atoms with Crippen LogP contribution in [0.3, 0.4) is 0 Å². The maximum absolute atomic E-state index is 11.7. The first-order valence-corrected chi connectivity index (χ1v) is 5.35. The number of rotatable bonds is 1. The third-order valence-electron chi connectivity index (χ3n) is 2.45. The van der Waals surface area contributed by atoms with Gasteiger partial charge in [0.1, 0.15) is 5.60 Å². The van der Waals surface area contributed by atoms with Crippen LogP contribution in [0.4, 0.5) is 4.79 Å². The van der Waals surface area contributed by atoms with Crippen LogP contribution in [0.25, 0.3) is 0 Å². The minimum Gasteiger partial charge on any atom is -0.481 e. The third-order valence-corrected chi connectivity index (χ3v) is 2.45. The molecular formula is C11H16N2O4. The SMILES string of the molecule is CC(C)(C)OC(=O)N1C[C@@H](C#N)[C@H](C(=O)O)C1. The molecule has 0 aliphatic carbocycles. The number of likely N-dealkylation sites (tertiary alicyclic amines) is 1. The lowest BCUT2D eigenvalue weighted by molar-refractivity contribution is -0.141. The van der Waals surface area contributed by atoms with Crippen LogP contribution in [0.15, 0.2) is 0 Å². The first-order chi connectivity index (χ1) is 7.74. The molecule has 0 aromatic carbocycles. The molecule has 1 saturated heterocycles. The molecule has 0 unspecified atom stereocenters. The summed E-state index contributed by atoms with van der Waals surface area (Å²) in [5.41, 5.74) is -0.624. The minimum atomic E-state index is -1.05. The number of nitrogens with zero attached hydrogens (tertiary/aromatic N) is 2. The average Bonchev–Trinajstić information content (AvgIpc) is 2.58. The molecule has 1 aliphatic heterocycles. The maximum atomic E-state index is 11.7. The van der Waals surface area contributed by atoms with Crippen molar-refractivity contribution in [2.45, 2.75) is 26.4 Å². The highest BCUT2D eigenvalue weighted by Crippen LogP contribution is 2.24. The lowest BCUT2D eigenvalue weighted by Gasteiger charge is -2.24. The molecule has 0 aromatic rings. The van der Waals surface area contributed by atoms with E-state index in [4.69, 9.17) is 15.1 Å². The smallest absolute Gasteiger partial charge is 0.410 e. The zero-order chi connectivity index (χ0) is 13.2. The number of carbonyl (C=O) groups excluding carboxylic acids is 1. The Morgan fingerprint density at radius 1 is 1.41 bits per heavy atom. The van der Waals surface area contributed by atoms with E-state index < -0.39 is 29.5 Å². The second-order valence-electron chi connectivity index (χ2n) is 5.07. The van der Waals surface area contributed by atoms with Gasteiger partial charge >= 0.3 is 12.1 Å². The summed E-state index contributed by atoms with van der Waals surface area (Å²) in [6.07, 6.45) is -0.568. The third kappa shape index (κ3) is 3.34. The summed E-state index contributed by atoms with van der Waals surface area (Å²) < 4.78 is 5.13. The number of hydrogen-bond acceptors (Lipinski definition) is 4. The lowest BCUT2D eigenvalue weighted by atomic mass is 9.98. The first kappa shape index (κ1) is 13.3. The van der Waals surface area contributed by atoms with Gasteiger partial charge in [0.15, 0.2) is 0 Å². The van der Waals surface area contributed by atoms with E-state index in [2.05, 4.69) is 0 Å². The topological polar surface area (TPSA) is 90.6 Å². The van der Waals surface area contributed by atoms with E-state index >= 15 is 0 Å². The van der Waals surface area contributed by atoms with E-state index in [9.17, 15) is 9.59 Å². The molecule has 0 bridgehead atoms. The van der Waals surface area contributed by atoms with E-state index in [1.165, 1.54) is 4.90 Å². The second-order valence-corrected chi connectivity index (χ2v) is 5.07. The van der Waals surface area contributed by atoms with Crippen LogP contribution in [0.2, 0.25) is 0 Å². The molecule has 94 valence electrons. The van der Waals surface area contributed by atoms with E-state index in [0.29, 0.717) is 0 Å². The van der Waals surface area contributed by atoms with Crippen LogP contribution in [-0.4, -0.2) is 40.8 Å². The number of nitriles is 1. The highest BCUT2D eigenvalue weighted by Gasteiger charge is 2.41. The van der Waals surface area contributed by atoms with Crippen molar-refractivity contribution in [3.8, 4) is 6.07 Å². The molecule has 1 rings (SSSR count). The Labute approximate surface area is 99.8 Å². The molecule has 2 atom stereocenters. The van der Waals surface area contributed by atoms with Gasteiger partial charge in [-0.3, -0.25) is 4.79 Å². The number of carbonyl (C=O) groups is 2. The highest BCUT2D eigenvalue weighted by atomic mass is 16.6. The first-order valence-electron chi connectivity index (χ1n) is 5.35. The highest BCUT2D eigenvalue weighted by molar-refractivity contribution is 5.75. The summed E-state index contributed by atoms with van der Waals surface area (Å²) in [7, 11) is 0. The van der Waals surface area contributed by atoms with Gasteiger partial charge in [-0.2, -0.15) is 5.26 Å². The van der Waals surface area contributed by atoms with Crippen molar-refractivity contribution in [2.24, 2.45) is 11.8 Å². The monoisotopic (exact) mass is 240 g/mol. The molecule has 6 heteroatoms. The number of carboxylic acid groups (broad SMARTS) is 1. The fourth-order valence-electron chi connectivity index (χ4n) is 1.66. The Balaban J connectivity index is 2.68. The number of amides is 1. The van der Waals surface area contributed by atoms with Gasteiger partial charge in [0, 0.05) is 13.1 Å². The van der Waals surface area contributed by atoms with E-state index in [-0.39, 0.29) is 13.1 Å². The average molecular weight is 240 g/mol. The summed E-state index contributed by atoms with van der Waals surface area (Å²) in [6.45, 7) is 5.34. The van der Waals surface area contributed by atoms with Crippen molar-refractivity contribution in [1.29, 1.82) is 5.26 Å². The minimum absolute atomic E-state index is 0.0302. The van der Waals surface area contributed by atoms with Gasteiger partial charge in [-0.25, -0.2) is 4.79 Å². The molecule has 0 radical (unpaired) electrons. The molecule has 1 heterocycles. The Morgan fingerprint density at radius 3 is 2.35 bits per heavy atom. The zero-order valence-corrected chi connectivity index (χ0v) is 10.1. The van der Waals surface area contributed by atoms with Gasteiger partial charge < -0.3 is 14.7 Å². The largest absolute Gasteiger partial charge is 0.481 e. The van der Waals surface area contributed by atoms with Gasteiger partial charge in [-0.15, -0.1) is 0 Å². The van der Waals surface area contributed by atoms with Crippen LogP contribution < -0.4 is 0 Å². The summed E-state index contributed by atoms with van der Waals surface area (Å²) in [4.78, 5) is 23.9. The van der Waals surface area contributed by atoms with Crippen LogP contribution in [0.5, 0.6) is 0 Å². The Kier molecular flexibility index (Phi) is 3.61. The Morgan fingerprint density at radius 2 is 2.00 bits per heavy atom. The normalized spacial score (nSPS) is 24.2. The van der Waals surface area contributed by atoms with E-state index in [0.717, 1.165) is 0 Å². The molecule has 0 saturated carbocycles. The van der Waals surface area contributed by atoms with Crippen molar-refractivity contribution < 1.29 is 19.4 Å². The summed E-state index contributed by atoms with van der Waals surface area (Å²) >= 11 is 0. The Bertz CT molecular complexity index is 367. The lowest BCUT2D eigenvalue weighted by Crippen LogP contribution is -2.35. The van der Waals surface area contributed by atoms with Crippen molar-refractivity contribution in [3.63, 3.8) is 0 Å². The van der Waals surface area contributed by atoms with Crippen molar-refractivity contribution >= 4 is 12.1 Å². The zero-order valence-electron chi connectivity index (χ0n) is 10.1. The predicted octanol–water partition coefficient (Wildman–Crippen LogP) is 1.08. The predicted molar refractivity (Wildman–Crippen MR) is 58.0 cm³/mol. The van der Waals surface area contributed by atoms with Crippen LogP contribution in [0, 0.1) is 23.2 Å². The standard InChI is InChI=1S/C11H16N2O4/c1-11(2,3)17-10(16)13-5-7(4-12)8(6-13)9(14)15/h7-8H,5-6H2,1-3H3,(H,14,15)/t7-,8-/m1/s1. The summed E-state index contributed by atoms with van der Waals surface area (Å²) in [5.74, 6) is -2.55. The fraction of sp³-hybridized carbons (Fsp3) is 0.727. The van der Waals surface area contributed by atoms with Crippen LogP contribution >= 0.6 is 0 Å². The molecule has 1 N–H and O–H groups in total. The number of carboxylic acids is 1. The number of hydrogen-bond donors (Lipinski definition) is 1. The number of ether oxygens (including phenoxy) is 1. The van der Waals surface area contributed by atoms with E-state index in [1.807, 2.05) is 6.07 Å². The van der Waals surface area contributed by atoms with Gasteiger partial charge in [0.25, 0.3) is 0 Å². The summed E-state index contributed by atoms with van der Waals surface area (Å²) in [5, 5.41) is 17.7. The van der Waals surface area contributed by atoms with Gasteiger partial charge in [0.05, 0.1) is 17.9 Å². The van der Waals surface area contributed by atoms with Gasteiger partial charge in [-0.1, -0.05) is 0 Å². The van der Waals surface area contributed by atoms with Gasteiger partial charge in [-0.05, 0) is 20.8 Å².